The maximum atomic E-state index is 11.9. The number of nitro groups is 1. The molecule has 6 nitrogen and oxygen atoms in total. The maximum Gasteiger partial charge on any atom is 0.363 e. The Morgan fingerprint density at radius 1 is 1.12 bits per heavy atom. The van der Waals surface area contributed by atoms with Crippen molar-refractivity contribution in [2.24, 2.45) is 4.99 Å². The zero-order chi connectivity index (χ0) is 17.3. The van der Waals surface area contributed by atoms with E-state index in [0.717, 1.165) is 0 Å². The first-order chi connectivity index (χ1) is 11.4. The lowest BCUT2D eigenvalue weighted by Crippen LogP contribution is -2.05. The van der Waals surface area contributed by atoms with Gasteiger partial charge in [-0.3, -0.25) is 10.1 Å². The Labute approximate surface area is 146 Å². The molecule has 0 saturated heterocycles. The summed E-state index contributed by atoms with van der Waals surface area (Å²) in [5.74, 6) is -0.555. The van der Waals surface area contributed by atoms with E-state index in [4.69, 9.17) is 27.9 Å². The molecule has 0 aliphatic carbocycles. The molecule has 8 heteroatoms. The highest BCUT2D eigenvalue weighted by Gasteiger charge is 2.24. The molecule has 3 rings (SSSR count). The van der Waals surface area contributed by atoms with E-state index < -0.39 is 10.9 Å². The molecule has 0 saturated carbocycles. The predicted octanol–water partition coefficient (Wildman–Crippen LogP) is 4.25. The van der Waals surface area contributed by atoms with Gasteiger partial charge < -0.3 is 4.74 Å². The summed E-state index contributed by atoms with van der Waals surface area (Å²) in [6.07, 6.45) is 1.49. The summed E-state index contributed by atoms with van der Waals surface area (Å²) in [5.41, 5.74) is 1.04. The van der Waals surface area contributed by atoms with Crippen LogP contribution in [-0.4, -0.2) is 16.8 Å². The molecule has 24 heavy (non-hydrogen) atoms. The summed E-state index contributed by atoms with van der Waals surface area (Å²) < 4.78 is 5.10. The van der Waals surface area contributed by atoms with Gasteiger partial charge >= 0.3 is 5.97 Å². The number of rotatable bonds is 3. The second-order valence-corrected chi connectivity index (χ2v) is 5.65. The molecule has 0 spiro atoms. The van der Waals surface area contributed by atoms with Crippen LogP contribution in [0.3, 0.4) is 0 Å². The Kier molecular flexibility index (Phi) is 4.33. The van der Waals surface area contributed by atoms with E-state index in [9.17, 15) is 14.9 Å². The molecular formula is C16H8Cl2N2O4. The Morgan fingerprint density at radius 3 is 2.46 bits per heavy atom. The number of aliphatic imine (C=N–C) groups is 1. The highest BCUT2D eigenvalue weighted by molar-refractivity contribution is 6.35. The normalized spacial score (nSPS) is 15.3. The van der Waals surface area contributed by atoms with Gasteiger partial charge in [-0.2, -0.15) is 0 Å². The van der Waals surface area contributed by atoms with E-state index in [1.54, 1.807) is 18.2 Å². The van der Waals surface area contributed by atoms with Crippen molar-refractivity contribution in [3.05, 3.63) is 79.4 Å². The van der Waals surface area contributed by atoms with Gasteiger partial charge in [0.2, 0.25) is 5.90 Å². The first-order valence-corrected chi connectivity index (χ1v) is 7.42. The van der Waals surface area contributed by atoms with Crippen LogP contribution in [0.1, 0.15) is 11.1 Å². The van der Waals surface area contributed by atoms with Gasteiger partial charge in [0.25, 0.3) is 5.69 Å². The SMILES string of the molecule is O=C1OC(c2ccc([N+](=O)[O-])cc2)=N/C1=C/c1ccc(Cl)cc1Cl. The molecule has 1 aliphatic heterocycles. The number of ether oxygens (including phenoxy) is 1. The number of hydrogen-bond donors (Lipinski definition) is 0. The molecule has 2 aromatic rings. The average molecular weight is 363 g/mol. The summed E-state index contributed by atoms with van der Waals surface area (Å²) >= 11 is 11.9. The fourth-order valence-corrected chi connectivity index (χ4v) is 2.49. The van der Waals surface area contributed by atoms with Crippen LogP contribution in [0.4, 0.5) is 5.69 Å². The Hall–Kier alpha value is -2.70. The molecule has 0 atom stereocenters. The van der Waals surface area contributed by atoms with E-state index in [2.05, 4.69) is 4.99 Å². The third-order valence-electron chi connectivity index (χ3n) is 3.20. The van der Waals surface area contributed by atoms with E-state index in [-0.39, 0.29) is 17.3 Å². The standard InChI is InChI=1S/C16H8Cl2N2O4/c17-11-4-1-10(13(18)8-11)7-14-16(21)24-15(19-14)9-2-5-12(6-3-9)20(22)23/h1-8H/b14-7+. The molecule has 0 unspecified atom stereocenters. The Balaban J connectivity index is 1.92. The second-order valence-electron chi connectivity index (χ2n) is 4.81. The number of halogens is 2. The van der Waals surface area contributed by atoms with Gasteiger partial charge in [0, 0.05) is 27.7 Å². The Morgan fingerprint density at radius 2 is 1.83 bits per heavy atom. The van der Waals surface area contributed by atoms with Gasteiger partial charge in [0.05, 0.1) is 4.92 Å². The summed E-state index contributed by atoms with van der Waals surface area (Å²) in [5, 5.41) is 11.5. The molecule has 0 fully saturated rings. The summed E-state index contributed by atoms with van der Waals surface area (Å²) in [6.45, 7) is 0. The van der Waals surface area contributed by atoms with Gasteiger partial charge in [-0.1, -0.05) is 29.3 Å². The van der Waals surface area contributed by atoms with E-state index in [1.807, 2.05) is 0 Å². The first kappa shape index (κ1) is 16.2. The van der Waals surface area contributed by atoms with Crippen LogP contribution < -0.4 is 0 Å². The zero-order valence-corrected chi connectivity index (χ0v) is 13.4. The van der Waals surface area contributed by atoms with E-state index in [0.29, 0.717) is 21.2 Å². The Bertz CT molecular complexity index is 905. The van der Waals surface area contributed by atoms with Gasteiger partial charge in [-0.05, 0) is 35.9 Å². The summed E-state index contributed by atoms with van der Waals surface area (Å²) in [4.78, 5) is 26.2. The van der Waals surface area contributed by atoms with Gasteiger partial charge in [0.1, 0.15) is 0 Å². The van der Waals surface area contributed by atoms with Crippen molar-refractivity contribution >= 4 is 46.8 Å². The van der Waals surface area contributed by atoms with Crippen molar-refractivity contribution in [3.63, 3.8) is 0 Å². The average Bonchev–Trinajstić information content (AvgIpc) is 2.91. The number of non-ortho nitro benzene ring substituents is 1. The maximum absolute atomic E-state index is 11.9. The van der Waals surface area contributed by atoms with Gasteiger partial charge in [-0.15, -0.1) is 0 Å². The third-order valence-corrected chi connectivity index (χ3v) is 3.76. The number of nitrogens with zero attached hydrogens (tertiary/aromatic N) is 2. The second kappa shape index (κ2) is 6.43. The first-order valence-electron chi connectivity index (χ1n) is 6.66. The lowest BCUT2D eigenvalue weighted by atomic mass is 10.2. The third kappa shape index (κ3) is 3.29. The molecule has 0 radical (unpaired) electrons. The van der Waals surface area contributed by atoms with Crippen LogP contribution >= 0.6 is 23.2 Å². The minimum Gasteiger partial charge on any atom is -0.402 e. The van der Waals surface area contributed by atoms with Gasteiger partial charge in [0.15, 0.2) is 5.70 Å². The van der Waals surface area contributed by atoms with Crippen LogP contribution in [0.25, 0.3) is 6.08 Å². The number of benzene rings is 2. The monoisotopic (exact) mass is 362 g/mol. The van der Waals surface area contributed by atoms with Crippen LogP contribution in [0.5, 0.6) is 0 Å². The molecular weight excluding hydrogens is 355 g/mol. The molecule has 1 heterocycles. The van der Waals surface area contributed by atoms with Crippen molar-refractivity contribution in [2.45, 2.75) is 0 Å². The van der Waals surface area contributed by atoms with Gasteiger partial charge in [-0.25, -0.2) is 9.79 Å². The lowest BCUT2D eigenvalue weighted by Gasteiger charge is -1.99. The fourth-order valence-electron chi connectivity index (χ4n) is 2.02. The predicted molar refractivity (Wildman–Crippen MR) is 90.2 cm³/mol. The van der Waals surface area contributed by atoms with E-state index >= 15 is 0 Å². The fraction of sp³-hybridized carbons (Fsp3) is 0. The molecule has 0 aromatic heterocycles. The van der Waals surface area contributed by atoms with Crippen molar-refractivity contribution in [1.82, 2.24) is 0 Å². The number of carbonyl (C=O) groups excluding carboxylic acids is 1. The van der Waals surface area contributed by atoms with Crippen LogP contribution in [-0.2, 0) is 9.53 Å². The molecule has 1 aliphatic rings. The van der Waals surface area contributed by atoms with Crippen molar-refractivity contribution in [2.75, 3.05) is 0 Å². The summed E-state index contributed by atoms with van der Waals surface area (Å²) in [6, 6.07) is 10.4. The van der Waals surface area contributed by atoms with Crippen molar-refractivity contribution < 1.29 is 14.5 Å². The van der Waals surface area contributed by atoms with Crippen LogP contribution in [0.15, 0.2) is 53.2 Å². The number of cyclic esters (lactones) is 1. The lowest BCUT2D eigenvalue weighted by molar-refractivity contribution is -0.384. The van der Waals surface area contributed by atoms with Crippen LogP contribution in [0.2, 0.25) is 10.0 Å². The smallest absolute Gasteiger partial charge is 0.363 e. The minimum atomic E-state index is -0.630. The van der Waals surface area contributed by atoms with Crippen molar-refractivity contribution in [3.8, 4) is 0 Å². The molecule has 0 bridgehead atoms. The number of nitro benzene ring substituents is 1. The number of hydrogen-bond acceptors (Lipinski definition) is 5. The van der Waals surface area contributed by atoms with E-state index in [1.165, 1.54) is 30.3 Å². The quantitative estimate of drug-likeness (QED) is 0.353. The highest BCUT2D eigenvalue weighted by Crippen LogP contribution is 2.26. The molecule has 2 aromatic carbocycles. The highest BCUT2D eigenvalue weighted by atomic mass is 35.5. The topological polar surface area (TPSA) is 81.8 Å². The molecule has 0 N–H and O–H groups in total. The number of carbonyl (C=O) groups is 1. The largest absolute Gasteiger partial charge is 0.402 e. The molecule has 120 valence electrons. The number of esters is 1. The van der Waals surface area contributed by atoms with Crippen molar-refractivity contribution in [1.29, 1.82) is 0 Å². The summed E-state index contributed by atoms with van der Waals surface area (Å²) in [7, 11) is 0. The van der Waals surface area contributed by atoms with Crippen LogP contribution in [0, 0.1) is 10.1 Å². The molecule has 0 amide bonds. The minimum absolute atomic E-state index is 0.0626. The zero-order valence-electron chi connectivity index (χ0n) is 11.9.